The van der Waals surface area contributed by atoms with Crippen LogP contribution < -0.4 is 4.74 Å². The smallest absolute Gasteiger partial charge is 0.387 e. The maximum atomic E-state index is 12.0. The van der Waals surface area contributed by atoms with Crippen molar-refractivity contribution in [2.75, 3.05) is 13.1 Å². The minimum Gasteiger partial charge on any atom is -0.481 e. The van der Waals surface area contributed by atoms with E-state index < -0.39 is 18.5 Å². The summed E-state index contributed by atoms with van der Waals surface area (Å²) in [5.74, 6) is -1.36. The molecule has 1 aliphatic rings. The van der Waals surface area contributed by atoms with Crippen LogP contribution >= 0.6 is 0 Å². The van der Waals surface area contributed by atoms with Gasteiger partial charge in [0.2, 0.25) is 5.91 Å². The summed E-state index contributed by atoms with van der Waals surface area (Å²) in [5, 5.41) is 8.91. The lowest BCUT2D eigenvalue weighted by Gasteiger charge is -2.15. The Morgan fingerprint density at radius 2 is 2.00 bits per heavy atom. The Morgan fingerprint density at radius 3 is 2.55 bits per heavy atom. The van der Waals surface area contributed by atoms with Crippen LogP contribution in [0.1, 0.15) is 18.4 Å². The van der Waals surface area contributed by atoms with Crippen LogP contribution in [-0.2, 0) is 16.0 Å². The molecule has 1 aromatic rings. The Labute approximate surface area is 126 Å². The van der Waals surface area contributed by atoms with E-state index in [4.69, 9.17) is 5.11 Å². The Balaban J connectivity index is 1.80. The van der Waals surface area contributed by atoms with Crippen molar-refractivity contribution < 1.29 is 28.2 Å². The molecule has 1 aliphatic heterocycles. The number of carboxylic acid groups (broad SMARTS) is 1. The number of carbonyl (C=O) groups is 2. The third-order valence-electron chi connectivity index (χ3n) is 3.67. The quantitative estimate of drug-likeness (QED) is 0.874. The molecule has 1 unspecified atom stereocenters. The van der Waals surface area contributed by atoms with Crippen LogP contribution in [0.15, 0.2) is 24.3 Å². The topological polar surface area (TPSA) is 66.8 Å². The fraction of sp³-hybridized carbons (Fsp3) is 0.467. The molecule has 1 fully saturated rings. The minimum atomic E-state index is -2.86. The molecule has 7 heteroatoms. The molecule has 0 spiro atoms. The van der Waals surface area contributed by atoms with Crippen LogP contribution in [0, 0.1) is 5.92 Å². The highest BCUT2D eigenvalue weighted by Crippen LogP contribution is 2.19. The van der Waals surface area contributed by atoms with E-state index in [1.807, 2.05) is 0 Å². The van der Waals surface area contributed by atoms with Gasteiger partial charge in [0.15, 0.2) is 0 Å². The van der Waals surface area contributed by atoms with Crippen molar-refractivity contribution in [2.24, 2.45) is 5.92 Å². The molecule has 0 aromatic heterocycles. The monoisotopic (exact) mass is 313 g/mol. The molecule has 0 aliphatic carbocycles. The van der Waals surface area contributed by atoms with Crippen molar-refractivity contribution in [3.05, 3.63) is 29.8 Å². The molecule has 1 atom stereocenters. The van der Waals surface area contributed by atoms with Gasteiger partial charge in [-0.3, -0.25) is 9.59 Å². The highest BCUT2D eigenvalue weighted by Gasteiger charge is 2.30. The average Bonchev–Trinajstić information content (AvgIpc) is 2.96. The largest absolute Gasteiger partial charge is 0.481 e. The molecule has 22 heavy (non-hydrogen) atoms. The first-order valence-electron chi connectivity index (χ1n) is 7.00. The van der Waals surface area contributed by atoms with Gasteiger partial charge in [-0.15, -0.1) is 0 Å². The number of halogens is 2. The van der Waals surface area contributed by atoms with Crippen molar-refractivity contribution in [1.82, 2.24) is 4.90 Å². The van der Waals surface area contributed by atoms with Crippen molar-refractivity contribution in [1.29, 1.82) is 0 Å². The van der Waals surface area contributed by atoms with Crippen molar-refractivity contribution in [3.63, 3.8) is 0 Å². The van der Waals surface area contributed by atoms with E-state index in [1.165, 1.54) is 12.1 Å². The number of likely N-dealkylation sites (tertiary alicyclic amines) is 1. The lowest BCUT2D eigenvalue weighted by atomic mass is 10.1. The Morgan fingerprint density at radius 1 is 1.32 bits per heavy atom. The second-order valence-electron chi connectivity index (χ2n) is 5.19. The summed E-state index contributed by atoms with van der Waals surface area (Å²) in [6.45, 7) is -2.13. The van der Waals surface area contributed by atoms with Gasteiger partial charge in [0.05, 0.1) is 5.92 Å². The molecule has 0 saturated carbocycles. The van der Waals surface area contributed by atoms with E-state index in [2.05, 4.69) is 4.74 Å². The molecule has 1 heterocycles. The predicted octanol–water partition coefficient (Wildman–Crippen LogP) is 2.15. The first-order chi connectivity index (χ1) is 10.5. The molecule has 1 N–H and O–H groups in total. The molecule has 1 amide bonds. The van der Waals surface area contributed by atoms with E-state index in [1.54, 1.807) is 17.0 Å². The van der Waals surface area contributed by atoms with Gasteiger partial charge >= 0.3 is 12.6 Å². The van der Waals surface area contributed by atoms with Gasteiger partial charge in [0.25, 0.3) is 0 Å². The van der Waals surface area contributed by atoms with E-state index in [0.717, 1.165) is 5.56 Å². The molecular weight excluding hydrogens is 296 g/mol. The lowest BCUT2D eigenvalue weighted by molar-refractivity contribution is -0.141. The van der Waals surface area contributed by atoms with E-state index >= 15 is 0 Å². The summed E-state index contributed by atoms with van der Waals surface area (Å²) in [6, 6.07) is 6.13. The SMILES string of the molecule is O=C(O)C1CCN(C(=O)CCc2ccc(OC(F)F)cc2)C1. The molecule has 5 nitrogen and oxygen atoms in total. The second kappa shape index (κ2) is 7.20. The average molecular weight is 313 g/mol. The number of amides is 1. The zero-order valence-corrected chi connectivity index (χ0v) is 11.9. The number of nitrogens with zero attached hydrogens (tertiary/aromatic N) is 1. The van der Waals surface area contributed by atoms with Crippen molar-refractivity contribution >= 4 is 11.9 Å². The van der Waals surface area contributed by atoms with Crippen LogP contribution in [0.3, 0.4) is 0 Å². The lowest BCUT2D eigenvalue weighted by Crippen LogP contribution is -2.30. The zero-order valence-electron chi connectivity index (χ0n) is 11.9. The molecule has 0 bridgehead atoms. The van der Waals surface area contributed by atoms with Crippen LogP contribution in [0.2, 0.25) is 0 Å². The third-order valence-corrected chi connectivity index (χ3v) is 3.67. The highest BCUT2D eigenvalue weighted by atomic mass is 19.3. The number of rotatable bonds is 6. The second-order valence-corrected chi connectivity index (χ2v) is 5.19. The van der Waals surface area contributed by atoms with Crippen LogP contribution in [0.5, 0.6) is 5.75 Å². The van der Waals surface area contributed by atoms with Gasteiger partial charge in [-0.1, -0.05) is 12.1 Å². The number of aryl methyl sites for hydroxylation is 1. The number of carbonyl (C=O) groups excluding carboxylic acids is 1. The molecule has 1 saturated heterocycles. The number of aliphatic carboxylic acids is 1. The molecular formula is C15H17F2NO4. The third kappa shape index (κ3) is 4.41. The fourth-order valence-corrected chi connectivity index (χ4v) is 2.44. The first kappa shape index (κ1) is 16.2. The van der Waals surface area contributed by atoms with E-state index in [0.29, 0.717) is 19.4 Å². The van der Waals surface area contributed by atoms with Gasteiger partial charge < -0.3 is 14.7 Å². The normalized spacial score (nSPS) is 17.8. The van der Waals surface area contributed by atoms with E-state index in [-0.39, 0.29) is 24.6 Å². The Kier molecular flexibility index (Phi) is 5.30. The van der Waals surface area contributed by atoms with Crippen LogP contribution in [-0.4, -0.2) is 41.6 Å². The van der Waals surface area contributed by atoms with Crippen molar-refractivity contribution in [3.8, 4) is 5.75 Å². The summed E-state index contributed by atoms with van der Waals surface area (Å²) in [7, 11) is 0. The number of ether oxygens (including phenoxy) is 1. The van der Waals surface area contributed by atoms with Gasteiger partial charge in [0, 0.05) is 19.5 Å². The molecule has 1 aromatic carbocycles. The van der Waals surface area contributed by atoms with Gasteiger partial charge in [0.1, 0.15) is 5.75 Å². The summed E-state index contributed by atoms with van der Waals surface area (Å²) >= 11 is 0. The van der Waals surface area contributed by atoms with Crippen LogP contribution in [0.4, 0.5) is 8.78 Å². The summed E-state index contributed by atoms with van der Waals surface area (Å²) in [4.78, 5) is 24.4. The maximum absolute atomic E-state index is 12.0. The Hall–Kier alpha value is -2.18. The first-order valence-corrected chi connectivity index (χ1v) is 7.00. The van der Waals surface area contributed by atoms with Crippen LogP contribution in [0.25, 0.3) is 0 Å². The van der Waals surface area contributed by atoms with E-state index in [9.17, 15) is 18.4 Å². The zero-order chi connectivity index (χ0) is 16.1. The van der Waals surface area contributed by atoms with Gasteiger partial charge in [-0.25, -0.2) is 0 Å². The number of carboxylic acids is 1. The van der Waals surface area contributed by atoms with Crippen molar-refractivity contribution in [2.45, 2.75) is 25.9 Å². The molecule has 120 valence electrons. The maximum Gasteiger partial charge on any atom is 0.387 e. The number of hydrogen-bond donors (Lipinski definition) is 1. The summed E-state index contributed by atoms with van der Waals surface area (Å²) < 4.78 is 28.3. The highest BCUT2D eigenvalue weighted by molar-refractivity contribution is 5.78. The standard InChI is InChI=1S/C15H17F2NO4/c16-15(17)22-12-4-1-10(2-5-12)3-6-13(19)18-8-7-11(9-18)14(20)21/h1-2,4-5,11,15H,3,6-9H2,(H,20,21). The molecule has 2 rings (SSSR count). The summed E-state index contributed by atoms with van der Waals surface area (Å²) in [6.07, 6.45) is 1.23. The number of hydrogen-bond acceptors (Lipinski definition) is 3. The molecule has 0 radical (unpaired) electrons. The van der Waals surface area contributed by atoms with Gasteiger partial charge in [-0.05, 0) is 30.5 Å². The number of alkyl halides is 2. The predicted molar refractivity (Wildman–Crippen MR) is 73.7 cm³/mol. The van der Waals surface area contributed by atoms with Gasteiger partial charge in [-0.2, -0.15) is 8.78 Å². The number of benzene rings is 1. The Bertz CT molecular complexity index is 533. The fourth-order valence-electron chi connectivity index (χ4n) is 2.44. The summed E-state index contributed by atoms with van der Waals surface area (Å²) in [5.41, 5.74) is 0.837. The minimum absolute atomic E-state index is 0.0777.